The van der Waals surface area contributed by atoms with E-state index in [1.807, 2.05) is 60.7 Å². The molecule has 0 amide bonds. The first-order valence-corrected chi connectivity index (χ1v) is 11.9. The number of aliphatic imine (C=N–C) groups is 1. The van der Waals surface area contributed by atoms with Gasteiger partial charge in [0.05, 0.1) is 5.69 Å². The fourth-order valence-corrected chi connectivity index (χ4v) is 5.37. The molecule has 2 N–H and O–H groups in total. The first kappa shape index (κ1) is 23.0. The molecule has 0 atom stereocenters. The fourth-order valence-electron chi connectivity index (χ4n) is 4.06. The normalized spacial score (nSPS) is 18.0. The van der Waals surface area contributed by atoms with E-state index in [9.17, 15) is 14.9 Å². The lowest BCUT2D eigenvalue weighted by Gasteiger charge is -2.35. The molecule has 0 saturated heterocycles. The molecule has 0 fully saturated rings. The summed E-state index contributed by atoms with van der Waals surface area (Å²) in [4.78, 5) is 31.9. The number of nitrogens with zero attached hydrogens (tertiary/aromatic N) is 4. The summed E-state index contributed by atoms with van der Waals surface area (Å²) in [5, 5.41) is 16.0. The molecule has 1 heterocycles. The van der Waals surface area contributed by atoms with E-state index in [0.29, 0.717) is 5.69 Å². The van der Waals surface area contributed by atoms with Gasteiger partial charge in [-0.2, -0.15) is 15.4 Å². The van der Waals surface area contributed by atoms with Crippen LogP contribution in [0.25, 0.3) is 6.08 Å². The SMILES string of the molecule is N#CC1=C(N)N(/N=C/C=C/c2ccccc2)C(=Nc2ccccc2)SC12C(=O)c1ccccc1C2=O. The van der Waals surface area contributed by atoms with Gasteiger partial charge >= 0.3 is 0 Å². The third-order valence-corrected chi connectivity index (χ3v) is 7.09. The van der Waals surface area contributed by atoms with Crippen molar-refractivity contribution in [2.24, 2.45) is 15.8 Å². The van der Waals surface area contributed by atoms with Gasteiger partial charge in [-0.3, -0.25) is 9.59 Å². The van der Waals surface area contributed by atoms with Gasteiger partial charge in [-0.15, -0.1) is 0 Å². The van der Waals surface area contributed by atoms with Crippen molar-refractivity contribution in [3.8, 4) is 6.07 Å². The smallest absolute Gasteiger partial charge is 0.193 e. The Morgan fingerprint density at radius 2 is 1.47 bits per heavy atom. The summed E-state index contributed by atoms with van der Waals surface area (Å²) in [5.74, 6) is -1.09. The number of ketones is 2. The van der Waals surface area contributed by atoms with Crippen LogP contribution in [0.1, 0.15) is 26.3 Å². The summed E-state index contributed by atoms with van der Waals surface area (Å²) < 4.78 is -1.85. The lowest BCUT2D eigenvalue weighted by atomic mass is 9.93. The molecular formula is C28H19N5O2S. The highest BCUT2D eigenvalue weighted by Crippen LogP contribution is 2.50. The van der Waals surface area contributed by atoms with Gasteiger partial charge in [0.15, 0.2) is 21.5 Å². The molecule has 0 aromatic heterocycles. The number of carbonyl (C=O) groups excluding carboxylic acids is 2. The lowest BCUT2D eigenvalue weighted by Crippen LogP contribution is -2.49. The number of hydrazone groups is 1. The monoisotopic (exact) mass is 489 g/mol. The first-order valence-electron chi connectivity index (χ1n) is 11.0. The van der Waals surface area contributed by atoms with E-state index in [4.69, 9.17) is 5.73 Å². The highest BCUT2D eigenvalue weighted by Gasteiger charge is 2.61. The van der Waals surface area contributed by atoms with Crippen LogP contribution in [-0.4, -0.2) is 32.7 Å². The number of nitrogens with two attached hydrogens (primary N) is 1. The maximum Gasteiger partial charge on any atom is 0.193 e. The van der Waals surface area contributed by atoms with Crippen molar-refractivity contribution in [1.29, 1.82) is 5.26 Å². The van der Waals surface area contributed by atoms with E-state index in [1.54, 1.807) is 42.5 Å². The van der Waals surface area contributed by atoms with Crippen molar-refractivity contribution in [3.63, 3.8) is 0 Å². The number of amidine groups is 1. The highest BCUT2D eigenvalue weighted by molar-refractivity contribution is 8.16. The van der Waals surface area contributed by atoms with Crippen LogP contribution in [0.3, 0.4) is 0 Å². The van der Waals surface area contributed by atoms with Gasteiger partial charge < -0.3 is 5.73 Å². The van der Waals surface area contributed by atoms with E-state index in [2.05, 4.69) is 10.1 Å². The second-order valence-corrected chi connectivity index (χ2v) is 9.12. The zero-order valence-corrected chi connectivity index (χ0v) is 19.7. The molecule has 5 rings (SSSR count). The predicted octanol–water partition coefficient (Wildman–Crippen LogP) is 4.93. The Labute approximate surface area is 212 Å². The number of hydrogen-bond acceptors (Lipinski definition) is 7. The largest absolute Gasteiger partial charge is 0.383 e. The summed E-state index contributed by atoms with van der Waals surface area (Å²) in [6.45, 7) is 0. The van der Waals surface area contributed by atoms with Crippen molar-refractivity contribution in [1.82, 2.24) is 5.01 Å². The van der Waals surface area contributed by atoms with E-state index in [0.717, 1.165) is 17.3 Å². The molecule has 174 valence electrons. The molecule has 0 saturated carbocycles. The second-order valence-electron chi connectivity index (χ2n) is 7.94. The molecule has 0 radical (unpaired) electrons. The summed E-state index contributed by atoms with van der Waals surface area (Å²) in [7, 11) is 0. The van der Waals surface area contributed by atoms with E-state index < -0.39 is 16.3 Å². The van der Waals surface area contributed by atoms with Crippen LogP contribution in [0.4, 0.5) is 5.69 Å². The number of para-hydroxylation sites is 1. The Hall–Kier alpha value is -4.74. The predicted molar refractivity (Wildman–Crippen MR) is 142 cm³/mol. The molecule has 3 aromatic carbocycles. The summed E-state index contributed by atoms with van der Waals surface area (Å²) in [5.41, 5.74) is 8.36. The number of thioether (sulfide) groups is 1. The van der Waals surface area contributed by atoms with Gasteiger partial charge in [-0.05, 0) is 23.8 Å². The minimum Gasteiger partial charge on any atom is -0.383 e. The topological polar surface area (TPSA) is 112 Å². The van der Waals surface area contributed by atoms with E-state index in [-0.39, 0.29) is 27.7 Å². The standard InChI is InChI=1S/C28H19N5O2S/c29-18-23-26(30)33(31-17-9-12-19-10-3-1-4-11-19)27(32-20-13-5-2-6-14-20)36-28(23)24(34)21-15-7-8-16-22(21)25(28)35/h1-17H,30H2/b12-9+,31-17+,32-27?. The number of hydrogen-bond donors (Lipinski definition) is 1. The Morgan fingerprint density at radius 1 is 0.889 bits per heavy atom. The maximum atomic E-state index is 13.6. The third-order valence-electron chi connectivity index (χ3n) is 5.77. The Kier molecular flexibility index (Phi) is 6.07. The first-order chi connectivity index (χ1) is 17.6. The minimum absolute atomic E-state index is 0.121. The van der Waals surface area contributed by atoms with Gasteiger partial charge in [-0.1, -0.05) is 90.6 Å². The average Bonchev–Trinajstić information content (AvgIpc) is 3.12. The molecule has 1 aliphatic heterocycles. The number of allylic oxidation sites excluding steroid dienone is 1. The van der Waals surface area contributed by atoms with Crippen molar-refractivity contribution < 1.29 is 9.59 Å². The average molecular weight is 490 g/mol. The van der Waals surface area contributed by atoms with Crippen LogP contribution in [0.5, 0.6) is 0 Å². The fraction of sp³-hybridized carbons (Fsp3) is 0.0357. The molecule has 0 bridgehead atoms. The van der Waals surface area contributed by atoms with Gasteiger partial charge in [0, 0.05) is 17.3 Å². The Morgan fingerprint density at radius 3 is 2.08 bits per heavy atom. The summed E-state index contributed by atoms with van der Waals surface area (Å²) in [6.07, 6.45) is 5.11. The van der Waals surface area contributed by atoms with E-state index in [1.165, 1.54) is 11.2 Å². The van der Waals surface area contributed by atoms with Crippen molar-refractivity contribution >= 4 is 46.5 Å². The van der Waals surface area contributed by atoms with Crippen molar-refractivity contribution in [3.05, 3.63) is 119 Å². The van der Waals surface area contributed by atoms with Crippen LogP contribution in [0.2, 0.25) is 0 Å². The number of rotatable bonds is 4. The second kappa shape index (κ2) is 9.49. The lowest BCUT2D eigenvalue weighted by molar-refractivity contribution is 0.0889. The summed E-state index contributed by atoms with van der Waals surface area (Å²) >= 11 is 0.887. The van der Waals surface area contributed by atoms with Gasteiger partial charge in [0.1, 0.15) is 17.5 Å². The number of carbonyl (C=O) groups is 2. The molecule has 2 aliphatic rings. The molecule has 8 heteroatoms. The molecule has 1 spiro atoms. The van der Waals surface area contributed by atoms with Crippen LogP contribution < -0.4 is 5.73 Å². The van der Waals surface area contributed by atoms with Crippen LogP contribution >= 0.6 is 11.8 Å². The third kappa shape index (κ3) is 3.82. The highest BCUT2D eigenvalue weighted by atomic mass is 32.2. The molecule has 3 aromatic rings. The molecule has 7 nitrogen and oxygen atoms in total. The molecule has 0 unspecified atom stereocenters. The van der Waals surface area contributed by atoms with Crippen LogP contribution in [-0.2, 0) is 0 Å². The van der Waals surface area contributed by atoms with Gasteiger partial charge in [0.2, 0.25) is 0 Å². The number of Topliss-reactive ketones (excluding diaryl/α,β-unsaturated/α-hetero) is 2. The minimum atomic E-state index is -1.85. The molecular weight excluding hydrogens is 470 g/mol. The number of nitriles is 1. The van der Waals surface area contributed by atoms with Crippen LogP contribution in [0, 0.1) is 11.3 Å². The molecule has 36 heavy (non-hydrogen) atoms. The Balaban J connectivity index is 1.62. The zero-order valence-electron chi connectivity index (χ0n) is 18.9. The number of benzene rings is 3. The van der Waals surface area contributed by atoms with Gasteiger partial charge in [-0.25, -0.2) is 4.99 Å². The summed E-state index contributed by atoms with van der Waals surface area (Å²) in [6, 6.07) is 27.3. The molecule has 1 aliphatic carbocycles. The Bertz CT molecular complexity index is 1480. The zero-order chi connectivity index (χ0) is 25.1. The maximum absolute atomic E-state index is 13.6. The number of fused-ring (bicyclic) bond motifs is 1. The van der Waals surface area contributed by atoms with E-state index >= 15 is 0 Å². The van der Waals surface area contributed by atoms with Crippen molar-refractivity contribution in [2.45, 2.75) is 4.75 Å². The van der Waals surface area contributed by atoms with Crippen LogP contribution in [0.15, 0.2) is 112 Å². The van der Waals surface area contributed by atoms with Crippen molar-refractivity contribution in [2.75, 3.05) is 0 Å². The van der Waals surface area contributed by atoms with Gasteiger partial charge in [0.25, 0.3) is 0 Å². The quantitative estimate of drug-likeness (QED) is 0.411.